The number of guanidine groups is 1. The quantitative estimate of drug-likeness (QED) is 0.0783. The number of aliphatic imine (C=N–C) groups is 1. The van der Waals surface area contributed by atoms with Crippen LogP contribution in [0.4, 0.5) is 0 Å². The molecule has 0 saturated carbocycles. The molecule has 0 bridgehead atoms. The summed E-state index contributed by atoms with van der Waals surface area (Å²) in [5.74, 6) is -2.79. The van der Waals surface area contributed by atoms with E-state index >= 15 is 0 Å². The summed E-state index contributed by atoms with van der Waals surface area (Å²) >= 11 is 24.1. The van der Waals surface area contributed by atoms with Gasteiger partial charge in [-0.15, -0.1) is 0 Å². The Kier molecular flexibility index (Phi) is 12.2. The van der Waals surface area contributed by atoms with E-state index in [0.29, 0.717) is 31.2 Å². The highest BCUT2D eigenvalue weighted by molar-refractivity contribution is 6.35. The Morgan fingerprint density at radius 2 is 1.65 bits per heavy atom. The number of halogens is 4. The Labute approximate surface area is 233 Å². The molecule has 2 aromatic rings. The molecule has 0 fully saturated rings. The van der Waals surface area contributed by atoms with Gasteiger partial charge in [0.2, 0.25) is 11.8 Å². The highest BCUT2D eigenvalue weighted by atomic mass is 35.5. The number of nitrogens with zero attached hydrogens (tertiary/aromatic N) is 2. The third-order valence-electron chi connectivity index (χ3n) is 4.97. The van der Waals surface area contributed by atoms with Gasteiger partial charge >= 0.3 is 5.97 Å². The van der Waals surface area contributed by atoms with Crippen LogP contribution in [0.25, 0.3) is 0 Å². The molecule has 10 nitrogen and oxygen atoms in total. The number of hydrogen-bond donors (Lipinski definition) is 5. The van der Waals surface area contributed by atoms with E-state index in [9.17, 15) is 19.5 Å². The molecule has 0 unspecified atom stereocenters. The van der Waals surface area contributed by atoms with Gasteiger partial charge in [-0.1, -0.05) is 52.5 Å². The number of carboxylic acids is 1. The zero-order valence-electron chi connectivity index (χ0n) is 19.5. The summed E-state index contributed by atoms with van der Waals surface area (Å²) in [5.41, 5.74) is 14.6. The lowest BCUT2D eigenvalue weighted by atomic mass is 10.1. The maximum absolute atomic E-state index is 13.1. The van der Waals surface area contributed by atoms with Gasteiger partial charge in [0.25, 0.3) is 0 Å². The molecule has 2 aromatic carbocycles. The van der Waals surface area contributed by atoms with Crippen molar-refractivity contribution in [1.29, 1.82) is 0 Å². The summed E-state index contributed by atoms with van der Waals surface area (Å²) < 4.78 is 0. The van der Waals surface area contributed by atoms with E-state index < -0.39 is 30.2 Å². The lowest BCUT2D eigenvalue weighted by Gasteiger charge is -2.29. The summed E-state index contributed by atoms with van der Waals surface area (Å²) in [6, 6.07) is 8.25. The van der Waals surface area contributed by atoms with Crippen molar-refractivity contribution in [3.8, 4) is 0 Å². The van der Waals surface area contributed by atoms with Gasteiger partial charge in [-0.05, 0) is 54.3 Å². The summed E-state index contributed by atoms with van der Waals surface area (Å²) in [4.78, 5) is 41.5. The first-order chi connectivity index (χ1) is 17.5. The fourth-order valence-corrected chi connectivity index (χ4v) is 4.31. The maximum atomic E-state index is 13.1. The molecule has 7 N–H and O–H groups in total. The Bertz CT molecular complexity index is 1140. The van der Waals surface area contributed by atoms with Crippen molar-refractivity contribution < 1.29 is 19.5 Å². The van der Waals surface area contributed by atoms with Gasteiger partial charge in [0.05, 0.1) is 0 Å². The molecule has 0 heterocycles. The molecule has 14 heteroatoms. The van der Waals surface area contributed by atoms with Crippen molar-refractivity contribution in [3.63, 3.8) is 0 Å². The number of carbonyl (C=O) groups is 3. The van der Waals surface area contributed by atoms with Crippen LogP contribution < -0.4 is 22.2 Å². The zero-order valence-corrected chi connectivity index (χ0v) is 22.5. The molecule has 0 aliphatic heterocycles. The van der Waals surface area contributed by atoms with E-state index in [1.165, 1.54) is 12.1 Å². The molecule has 2 amide bonds. The minimum absolute atomic E-state index is 0.0170. The van der Waals surface area contributed by atoms with Crippen molar-refractivity contribution >= 4 is 70.1 Å². The Balaban J connectivity index is 2.14. The summed E-state index contributed by atoms with van der Waals surface area (Å²) in [6.07, 6.45) is -0.333. The topological polar surface area (TPSA) is 163 Å². The van der Waals surface area contributed by atoms with Gasteiger partial charge in [-0.2, -0.15) is 0 Å². The molecule has 0 aromatic heterocycles. The fourth-order valence-electron chi connectivity index (χ4n) is 3.26. The van der Waals surface area contributed by atoms with Gasteiger partial charge in [0.1, 0.15) is 12.5 Å². The number of nitrogens with one attached hydrogen (secondary N) is 2. The van der Waals surface area contributed by atoms with Crippen molar-refractivity contribution in [2.75, 3.05) is 6.54 Å². The Hall–Kier alpha value is -2.76. The summed E-state index contributed by atoms with van der Waals surface area (Å²) in [7, 11) is 0. The minimum Gasteiger partial charge on any atom is -0.480 e. The lowest BCUT2D eigenvalue weighted by molar-refractivity contribution is -0.155. The highest BCUT2D eigenvalue weighted by Gasteiger charge is 2.30. The van der Waals surface area contributed by atoms with Crippen LogP contribution >= 0.6 is 46.4 Å². The Morgan fingerprint density at radius 3 is 2.24 bits per heavy atom. The summed E-state index contributed by atoms with van der Waals surface area (Å²) in [6.45, 7) is 0.240. The molecule has 0 saturated heterocycles. The molecule has 0 radical (unpaired) electrons. The van der Waals surface area contributed by atoms with Crippen molar-refractivity contribution in [1.82, 2.24) is 15.8 Å². The van der Waals surface area contributed by atoms with Crippen molar-refractivity contribution in [2.45, 2.75) is 38.4 Å². The molecule has 200 valence electrons. The molecule has 37 heavy (non-hydrogen) atoms. The van der Waals surface area contributed by atoms with E-state index in [2.05, 4.69) is 15.7 Å². The van der Waals surface area contributed by atoms with Crippen LogP contribution in [0.15, 0.2) is 41.4 Å². The number of amides is 2. The second kappa shape index (κ2) is 14.8. The Morgan fingerprint density at radius 1 is 0.973 bits per heavy atom. The standard InChI is InChI=1S/C23H26Cl4N6O4/c24-15-4-3-14(18(27)9-15)12-31-20(34)10-21(35)33(19(22(36)37)2-1-5-30-23(28)29)32-11-13-6-16(25)8-17(26)7-13/h3-4,6-9,19,32H,1-2,5,10-12H2,(H,31,34)(H,36,37)(H4,28,29,30)/t19-/m0/s1. The maximum Gasteiger partial charge on any atom is 0.328 e. The number of nitrogens with two attached hydrogens (primary N) is 2. The van der Waals surface area contributed by atoms with Crippen LogP contribution in [0.1, 0.15) is 30.4 Å². The first-order valence-electron chi connectivity index (χ1n) is 11.0. The number of aliphatic carboxylic acids is 1. The normalized spacial score (nSPS) is 11.5. The third-order valence-corrected chi connectivity index (χ3v) is 6.00. The average Bonchev–Trinajstić information content (AvgIpc) is 2.78. The molecule has 1 atom stereocenters. The number of benzene rings is 2. The molecular weight excluding hydrogens is 566 g/mol. The predicted molar refractivity (Wildman–Crippen MR) is 144 cm³/mol. The van der Waals surface area contributed by atoms with E-state index in [-0.39, 0.29) is 38.4 Å². The van der Waals surface area contributed by atoms with Crippen LogP contribution in [0.3, 0.4) is 0 Å². The molecular formula is C23H26Cl4N6O4. The smallest absolute Gasteiger partial charge is 0.328 e. The van der Waals surface area contributed by atoms with Gasteiger partial charge in [-0.3, -0.25) is 19.6 Å². The van der Waals surface area contributed by atoms with E-state index in [0.717, 1.165) is 5.01 Å². The lowest BCUT2D eigenvalue weighted by Crippen LogP contribution is -2.53. The first-order valence-corrected chi connectivity index (χ1v) is 12.5. The zero-order chi connectivity index (χ0) is 27.5. The fraction of sp³-hybridized carbons (Fsp3) is 0.304. The van der Waals surface area contributed by atoms with Crippen LogP contribution in [0, 0.1) is 0 Å². The summed E-state index contributed by atoms with van der Waals surface area (Å²) in [5, 5.41) is 14.9. The third kappa shape index (κ3) is 10.6. The molecule has 0 aliphatic rings. The van der Waals surface area contributed by atoms with Crippen LogP contribution in [-0.4, -0.2) is 46.4 Å². The van der Waals surface area contributed by atoms with E-state index in [1.54, 1.807) is 24.3 Å². The molecule has 0 aliphatic carbocycles. The second-order valence-corrected chi connectivity index (χ2v) is 9.58. The highest BCUT2D eigenvalue weighted by Crippen LogP contribution is 2.21. The number of carbonyl (C=O) groups excluding carboxylic acids is 2. The van der Waals surface area contributed by atoms with Gasteiger partial charge < -0.3 is 21.9 Å². The van der Waals surface area contributed by atoms with Crippen molar-refractivity contribution in [2.24, 2.45) is 16.5 Å². The monoisotopic (exact) mass is 590 g/mol. The van der Waals surface area contributed by atoms with Gasteiger partial charge in [-0.25, -0.2) is 10.2 Å². The van der Waals surface area contributed by atoms with E-state index in [1.807, 2.05) is 0 Å². The van der Waals surface area contributed by atoms with Gasteiger partial charge in [0.15, 0.2) is 5.96 Å². The number of hydrogen-bond acceptors (Lipinski definition) is 5. The molecule has 0 spiro atoms. The largest absolute Gasteiger partial charge is 0.480 e. The van der Waals surface area contributed by atoms with Crippen molar-refractivity contribution in [3.05, 3.63) is 67.6 Å². The minimum atomic E-state index is -1.31. The van der Waals surface area contributed by atoms with E-state index in [4.69, 9.17) is 57.9 Å². The van der Waals surface area contributed by atoms with Crippen LogP contribution in [0.5, 0.6) is 0 Å². The number of hydrazine groups is 1. The molecule has 2 rings (SSSR count). The average molecular weight is 592 g/mol. The SMILES string of the molecule is NC(N)=NCCC[C@@H](C(=O)O)N(NCc1cc(Cl)cc(Cl)c1)C(=O)CC(=O)NCc1ccc(Cl)cc1Cl. The number of rotatable bonds is 13. The van der Waals surface area contributed by atoms with Gasteiger partial charge in [0, 0.05) is 39.7 Å². The number of carboxylic acid groups (broad SMARTS) is 1. The first kappa shape index (κ1) is 30.5. The second-order valence-electron chi connectivity index (χ2n) is 7.87. The predicted octanol–water partition coefficient (Wildman–Crippen LogP) is 3.35. The van der Waals surface area contributed by atoms with Crippen LogP contribution in [0.2, 0.25) is 20.1 Å². The van der Waals surface area contributed by atoms with Crippen LogP contribution in [-0.2, 0) is 27.5 Å².